The Hall–Kier alpha value is -2.31. The van der Waals surface area contributed by atoms with E-state index in [1.807, 2.05) is 0 Å². The minimum atomic E-state index is 0.0850. The zero-order valence-electron chi connectivity index (χ0n) is 23.5. The number of hydrogen-bond donors (Lipinski definition) is 0. The first-order valence-corrected chi connectivity index (χ1v) is 12.5. The average molecular weight is 458 g/mol. The van der Waals surface area contributed by atoms with E-state index in [9.17, 15) is 0 Å². The van der Waals surface area contributed by atoms with E-state index in [1.165, 1.54) is 22.8 Å². The maximum absolute atomic E-state index is 5.14. The number of hydrogen-bond acceptors (Lipinski definition) is 1. The number of aliphatic imine (C=N–C) groups is 1. The van der Waals surface area contributed by atoms with Crippen LogP contribution in [0.3, 0.4) is 0 Å². The molecule has 2 heterocycles. The molecule has 0 N–H and O–H groups in total. The third kappa shape index (κ3) is 5.28. The number of nitrogens with zero attached hydrogens (tertiary/aromatic N) is 7. The molecule has 186 valence electrons. The van der Waals surface area contributed by atoms with Crippen LogP contribution in [-0.2, 0) is 0 Å². The SMILES string of the molecule is Cc1c(C)n(C(C)C)c(=NC(=NC(C)C)N=c2n(C(C)C)c(C)c(C)n2C(C)C)n1C(C)C. The van der Waals surface area contributed by atoms with E-state index in [1.54, 1.807) is 0 Å². The van der Waals surface area contributed by atoms with Crippen LogP contribution >= 0.6 is 0 Å². The van der Waals surface area contributed by atoms with Crippen molar-refractivity contribution in [1.29, 1.82) is 0 Å². The fourth-order valence-corrected chi connectivity index (χ4v) is 4.71. The molecule has 0 aliphatic heterocycles. The third-order valence-electron chi connectivity index (χ3n) is 6.19. The highest BCUT2D eigenvalue weighted by Crippen LogP contribution is 2.17. The Bertz CT molecular complexity index is 986. The Morgan fingerprint density at radius 1 is 0.485 bits per heavy atom. The lowest BCUT2D eigenvalue weighted by molar-refractivity contribution is 0.500. The largest absolute Gasteiger partial charge is 0.312 e. The molecule has 0 radical (unpaired) electrons. The molecule has 0 unspecified atom stereocenters. The van der Waals surface area contributed by atoms with Gasteiger partial charge in [-0.15, -0.1) is 0 Å². The Morgan fingerprint density at radius 2 is 0.727 bits per heavy atom. The van der Waals surface area contributed by atoms with Crippen molar-refractivity contribution in [3.8, 4) is 0 Å². The highest BCUT2D eigenvalue weighted by atomic mass is 15.3. The second kappa shape index (κ2) is 10.3. The summed E-state index contributed by atoms with van der Waals surface area (Å²) in [6.45, 7) is 30.5. The summed E-state index contributed by atoms with van der Waals surface area (Å²) in [7, 11) is 0. The normalized spacial score (nSPS) is 12.1. The number of aromatic nitrogens is 4. The van der Waals surface area contributed by atoms with Gasteiger partial charge in [-0.2, -0.15) is 9.98 Å². The lowest BCUT2D eigenvalue weighted by Gasteiger charge is -2.14. The van der Waals surface area contributed by atoms with Crippen LogP contribution in [-0.4, -0.2) is 30.3 Å². The molecule has 2 aromatic heterocycles. The molecule has 0 fully saturated rings. The van der Waals surface area contributed by atoms with Gasteiger partial charge < -0.3 is 18.3 Å². The average Bonchev–Trinajstić information content (AvgIpc) is 3.04. The van der Waals surface area contributed by atoms with Gasteiger partial charge in [0, 0.05) is 53.0 Å². The first-order valence-electron chi connectivity index (χ1n) is 12.5. The van der Waals surface area contributed by atoms with Crippen molar-refractivity contribution in [3.63, 3.8) is 0 Å². The summed E-state index contributed by atoms with van der Waals surface area (Å²) < 4.78 is 9.20. The van der Waals surface area contributed by atoms with Gasteiger partial charge in [0.25, 0.3) is 5.96 Å². The van der Waals surface area contributed by atoms with Crippen LogP contribution in [0.25, 0.3) is 0 Å². The monoisotopic (exact) mass is 457 g/mol. The summed E-state index contributed by atoms with van der Waals surface area (Å²) in [4.78, 5) is 15.2. The number of rotatable bonds is 5. The van der Waals surface area contributed by atoms with E-state index < -0.39 is 0 Å². The van der Waals surface area contributed by atoms with Crippen molar-refractivity contribution < 1.29 is 0 Å². The minimum Gasteiger partial charge on any atom is -0.312 e. The molecule has 0 saturated carbocycles. The molecule has 0 amide bonds. The van der Waals surface area contributed by atoms with Crippen molar-refractivity contribution >= 4 is 5.96 Å². The maximum Gasteiger partial charge on any atom is 0.251 e. The van der Waals surface area contributed by atoms with Crippen LogP contribution in [0.4, 0.5) is 0 Å². The summed E-state index contributed by atoms with van der Waals surface area (Å²) >= 11 is 0. The van der Waals surface area contributed by atoms with E-state index >= 15 is 0 Å². The van der Waals surface area contributed by atoms with Gasteiger partial charge >= 0.3 is 0 Å². The minimum absolute atomic E-state index is 0.0850. The second-order valence-electron chi connectivity index (χ2n) is 10.5. The Balaban J connectivity index is 3.05. The molecule has 0 atom stereocenters. The van der Waals surface area contributed by atoms with Gasteiger partial charge in [0.05, 0.1) is 0 Å². The topological polar surface area (TPSA) is 56.8 Å². The molecule has 2 rings (SSSR count). The number of guanidine groups is 1. The highest BCUT2D eigenvalue weighted by molar-refractivity contribution is 5.81. The zero-order chi connectivity index (χ0) is 25.4. The van der Waals surface area contributed by atoms with Gasteiger partial charge in [-0.1, -0.05) is 0 Å². The standard InChI is InChI=1S/C26H47N7/c1-15(2)27-24(28-25-30(16(3)4)20(11)21(12)31(25)17(5)6)29-26-32(18(7)8)22(13)23(14)33(26)19(9)10/h15-19H,1-14H3. The molecule has 0 aliphatic carbocycles. The van der Waals surface area contributed by atoms with E-state index in [0.717, 1.165) is 11.2 Å². The first kappa shape index (κ1) is 26.9. The van der Waals surface area contributed by atoms with Crippen molar-refractivity contribution in [1.82, 2.24) is 18.3 Å². The van der Waals surface area contributed by atoms with E-state index in [2.05, 4.69) is 115 Å². The second-order valence-corrected chi connectivity index (χ2v) is 10.5. The predicted octanol–water partition coefficient (Wildman–Crippen LogP) is 5.72. The lowest BCUT2D eigenvalue weighted by Crippen LogP contribution is -2.33. The summed E-state index contributed by atoms with van der Waals surface area (Å²) in [5, 5.41) is 0. The van der Waals surface area contributed by atoms with Crippen LogP contribution in [0.5, 0.6) is 0 Å². The molecule has 0 saturated heterocycles. The third-order valence-corrected chi connectivity index (χ3v) is 6.19. The van der Waals surface area contributed by atoms with E-state index in [0.29, 0.717) is 5.96 Å². The van der Waals surface area contributed by atoms with Gasteiger partial charge in [-0.3, -0.25) is 0 Å². The van der Waals surface area contributed by atoms with E-state index in [4.69, 9.17) is 15.0 Å². The molecular formula is C26H47N7. The Labute approximate surface area is 200 Å². The molecule has 33 heavy (non-hydrogen) atoms. The lowest BCUT2D eigenvalue weighted by atomic mass is 10.3. The summed E-state index contributed by atoms with van der Waals surface area (Å²) in [5.74, 6) is 0.521. The van der Waals surface area contributed by atoms with Crippen molar-refractivity contribution in [3.05, 3.63) is 34.0 Å². The van der Waals surface area contributed by atoms with Gasteiger partial charge in [-0.25, -0.2) is 4.99 Å². The molecule has 2 aromatic rings. The van der Waals surface area contributed by atoms with Crippen LogP contribution in [0.15, 0.2) is 15.0 Å². The highest BCUT2D eigenvalue weighted by Gasteiger charge is 2.19. The van der Waals surface area contributed by atoms with Gasteiger partial charge in [0.15, 0.2) is 0 Å². The fourth-order valence-electron chi connectivity index (χ4n) is 4.71. The molecule has 0 bridgehead atoms. The Kier molecular flexibility index (Phi) is 8.41. The van der Waals surface area contributed by atoms with Crippen LogP contribution in [0.2, 0.25) is 0 Å². The molecule has 0 aliphatic rings. The van der Waals surface area contributed by atoms with Gasteiger partial charge in [-0.05, 0) is 96.9 Å². The summed E-state index contributed by atoms with van der Waals surface area (Å²) in [6.07, 6.45) is 0. The smallest absolute Gasteiger partial charge is 0.251 e. The summed E-state index contributed by atoms with van der Waals surface area (Å²) in [5.41, 5.74) is 6.74. The van der Waals surface area contributed by atoms with Crippen molar-refractivity contribution in [2.24, 2.45) is 15.0 Å². The van der Waals surface area contributed by atoms with Crippen LogP contribution in [0, 0.1) is 27.7 Å². The zero-order valence-corrected chi connectivity index (χ0v) is 23.5. The molecule has 7 nitrogen and oxygen atoms in total. The molecule has 0 spiro atoms. The maximum atomic E-state index is 5.14. The first-order chi connectivity index (χ1) is 15.2. The quantitative estimate of drug-likeness (QED) is 0.407. The molecule has 0 aromatic carbocycles. The van der Waals surface area contributed by atoms with Crippen molar-refractivity contribution in [2.75, 3.05) is 0 Å². The van der Waals surface area contributed by atoms with Gasteiger partial charge in [0.1, 0.15) is 0 Å². The molecule has 7 heteroatoms. The molecular weight excluding hydrogens is 410 g/mol. The van der Waals surface area contributed by atoms with Crippen LogP contribution < -0.4 is 11.2 Å². The summed E-state index contributed by atoms with van der Waals surface area (Å²) in [6, 6.07) is 1.22. The van der Waals surface area contributed by atoms with Gasteiger partial charge in [0.2, 0.25) is 11.2 Å². The van der Waals surface area contributed by atoms with Crippen LogP contribution in [0.1, 0.15) is 116 Å². The van der Waals surface area contributed by atoms with Crippen molar-refractivity contribution in [2.45, 2.75) is 127 Å². The van der Waals surface area contributed by atoms with E-state index in [-0.39, 0.29) is 30.2 Å². The number of imidazole rings is 2. The predicted molar refractivity (Wildman–Crippen MR) is 139 cm³/mol. The Morgan fingerprint density at radius 3 is 0.909 bits per heavy atom. The fraction of sp³-hybridized carbons (Fsp3) is 0.731.